The van der Waals surface area contributed by atoms with Crippen LogP contribution >= 0.6 is 0 Å². The van der Waals surface area contributed by atoms with E-state index in [0.29, 0.717) is 0 Å². The molecule has 0 amide bonds. The number of carbonyl (C=O) groups is 1. The van der Waals surface area contributed by atoms with E-state index in [2.05, 4.69) is 4.98 Å². The van der Waals surface area contributed by atoms with E-state index >= 15 is 0 Å². The summed E-state index contributed by atoms with van der Waals surface area (Å²) in [4.78, 5) is 12.5. The van der Waals surface area contributed by atoms with Gasteiger partial charge in [-0.3, -0.25) is 0 Å². The van der Waals surface area contributed by atoms with Gasteiger partial charge in [0.25, 0.3) is 0 Å². The van der Waals surface area contributed by atoms with Crippen LogP contribution in [0.25, 0.3) is 0 Å². The van der Waals surface area contributed by atoms with Crippen LogP contribution in [-0.4, -0.2) is 39.1 Å². The number of aromatic nitrogens is 1. The minimum atomic E-state index is -1.83. The maximum atomic E-state index is 8.56. The number of nitrogens with zero attached hydrogens (tertiary/aromatic N) is 1. The van der Waals surface area contributed by atoms with Gasteiger partial charge in [0.2, 0.25) is 0 Å². The molecule has 0 saturated carbocycles. The molecule has 4 nitrogen and oxygen atoms in total. The Kier molecular flexibility index (Phi) is 5.26. The molecule has 2 N–H and O–H groups in total. The quantitative estimate of drug-likeness (QED) is 0.510. The van der Waals surface area contributed by atoms with Crippen molar-refractivity contribution in [3.63, 3.8) is 0 Å². The summed E-state index contributed by atoms with van der Waals surface area (Å²) in [5.41, 5.74) is 0. The molecule has 0 radical (unpaired) electrons. The zero-order valence-corrected chi connectivity index (χ0v) is 6.06. The molecule has 5 heteroatoms. The summed E-state index contributed by atoms with van der Waals surface area (Å²) in [6.07, 6.45) is -0.0463. The van der Waals surface area contributed by atoms with E-state index < -0.39 is 6.16 Å². The van der Waals surface area contributed by atoms with Gasteiger partial charge in [-0.15, -0.1) is 0 Å². The Labute approximate surface area is 73.1 Å². The van der Waals surface area contributed by atoms with Gasteiger partial charge < -0.3 is 10.2 Å². The first-order valence-corrected chi connectivity index (χ1v) is 2.92. The summed E-state index contributed by atoms with van der Waals surface area (Å²) >= 11 is 1.97. The van der Waals surface area contributed by atoms with Crippen LogP contribution in [0.3, 0.4) is 0 Å². The maximum absolute atomic E-state index is 8.56. The standard InChI is InChI=1S/C5H4N.CH2O3.Li/c1-2-4-6-5-3-1;2-1(3)4;/h1-4H;(H2,2,3,4);. The normalized spacial score (nSPS) is 7.82. The SMILES string of the molecule is O=C(O)O.[Li][c]1ccccn1. The Hall–Kier alpha value is -0.983. The molecule has 0 aromatic carbocycles. The Morgan fingerprint density at radius 2 is 2.00 bits per heavy atom. The van der Waals surface area contributed by atoms with Crippen molar-refractivity contribution in [1.29, 1.82) is 0 Å². The van der Waals surface area contributed by atoms with Crippen molar-refractivity contribution >= 4 is 28.2 Å². The molecule has 0 fully saturated rings. The first-order valence-electron chi connectivity index (χ1n) is 2.92. The van der Waals surface area contributed by atoms with E-state index in [-0.39, 0.29) is 0 Å². The van der Waals surface area contributed by atoms with Gasteiger partial charge in [-0.2, -0.15) is 0 Å². The van der Waals surface area contributed by atoms with E-state index in [1.807, 2.05) is 35.9 Å². The summed E-state index contributed by atoms with van der Waals surface area (Å²) in [6.45, 7) is 0. The number of carboxylic acid groups (broad SMARTS) is 2. The fraction of sp³-hybridized carbons (Fsp3) is 0. The third-order valence-electron chi connectivity index (χ3n) is 0.813. The third kappa shape index (κ3) is 9.02. The monoisotopic (exact) mass is 147 g/mol. The average Bonchev–Trinajstić information content (AvgIpc) is 1.87. The van der Waals surface area contributed by atoms with Crippen molar-refractivity contribution < 1.29 is 15.0 Å². The van der Waals surface area contributed by atoms with Gasteiger partial charge in [0.1, 0.15) is 0 Å². The molecular formula is C6H6LiNO3. The van der Waals surface area contributed by atoms with E-state index in [4.69, 9.17) is 15.0 Å². The topological polar surface area (TPSA) is 70.4 Å². The Morgan fingerprint density at radius 1 is 1.45 bits per heavy atom. The molecule has 0 saturated heterocycles. The summed E-state index contributed by atoms with van der Waals surface area (Å²) in [5, 5.41) is 13.9. The van der Waals surface area contributed by atoms with Gasteiger partial charge >= 0.3 is 57.6 Å². The fourth-order valence-corrected chi connectivity index (χ4v) is 0.448. The van der Waals surface area contributed by atoms with Gasteiger partial charge in [0.05, 0.1) is 0 Å². The van der Waals surface area contributed by atoms with Crippen molar-refractivity contribution in [2.75, 3.05) is 0 Å². The molecule has 0 aliphatic rings. The zero-order valence-electron chi connectivity index (χ0n) is 6.06. The third-order valence-corrected chi connectivity index (χ3v) is 0.813. The molecule has 0 atom stereocenters. The number of hydrogen-bond donors (Lipinski definition) is 2. The van der Waals surface area contributed by atoms with Crippen LogP contribution in [0.1, 0.15) is 0 Å². The average molecular weight is 147 g/mol. The zero-order chi connectivity index (χ0) is 8.69. The minimum absolute atomic E-state index is 1.07. The Bertz CT molecular complexity index is 210. The summed E-state index contributed by atoms with van der Waals surface area (Å²) in [6, 6.07) is 5.86. The second-order valence-electron chi connectivity index (χ2n) is 1.75. The van der Waals surface area contributed by atoms with Crippen LogP contribution < -0.4 is 4.37 Å². The summed E-state index contributed by atoms with van der Waals surface area (Å²) in [5.74, 6) is 0. The molecular weight excluding hydrogens is 141 g/mol. The van der Waals surface area contributed by atoms with Crippen LogP contribution in [0.15, 0.2) is 24.4 Å². The van der Waals surface area contributed by atoms with Crippen LogP contribution in [0, 0.1) is 0 Å². The second kappa shape index (κ2) is 5.78. The second-order valence-corrected chi connectivity index (χ2v) is 1.75. The number of hydrogen-bond acceptors (Lipinski definition) is 2. The van der Waals surface area contributed by atoms with Crippen molar-refractivity contribution in [2.24, 2.45) is 0 Å². The molecule has 0 spiro atoms. The molecule has 1 rings (SSSR count). The van der Waals surface area contributed by atoms with Gasteiger partial charge in [-0.1, -0.05) is 0 Å². The molecule has 11 heavy (non-hydrogen) atoms. The van der Waals surface area contributed by atoms with Crippen molar-refractivity contribution in [3.05, 3.63) is 24.4 Å². The van der Waals surface area contributed by atoms with E-state index in [1.165, 1.54) is 0 Å². The van der Waals surface area contributed by atoms with Gasteiger partial charge in [0, 0.05) is 0 Å². The molecule has 1 heterocycles. The Morgan fingerprint density at radius 3 is 2.18 bits per heavy atom. The predicted molar refractivity (Wildman–Crippen MR) is 40.3 cm³/mol. The van der Waals surface area contributed by atoms with E-state index in [9.17, 15) is 0 Å². The fourth-order valence-electron chi connectivity index (χ4n) is 0.448. The molecule has 0 unspecified atom stereocenters. The Balaban J connectivity index is 0.000000218. The van der Waals surface area contributed by atoms with E-state index in [1.54, 1.807) is 6.20 Å². The van der Waals surface area contributed by atoms with Crippen molar-refractivity contribution in [2.45, 2.75) is 0 Å². The number of pyridine rings is 1. The van der Waals surface area contributed by atoms with Crippen molar-refractivity contribution in [1.82, 2.24) is 4.98 Å². The van der Waals surface area contributed by atoms with Crippen LogP contribution in [0.2, 0.25) is 0 Å². The predicted octanol–water partition coefficient (Wildman–Crippen LogP) is 0.0978. The van der Waals surface area contributed by atoms with Crippen LogP contribution in [0.4, 0.5) is 4.79 Å². The molecule has 54 valence electrons. The molecule has 0 bridgehead atoms. The van der Waals surface area contributed by atoms with Crippen LogP contribution in [0.5, 0.6) is 0 Å². The van der Waals surface area contributed by atoms with Crippen molar-refractivity contribution in [3.8, 4) is 0 Å². The van der Waals surface area contributed by atoms with E-state index in [0.717, 1.165) is 4.37 Å². The van der Waals surface area contributed by atoms with Crippen LogP contribution in [-0.2, 0) is 0 Å². The van der Waals surface area contributed by atoms with Gasteiger partial charge in [-0.25, -0.2) is 4.79 Å². The molecule has 0 aliphatic carbocycles. The van der Waals surface area contributed by atoms with Gasteiger partial charge in [0.15, 0.2) is 0 Å². The number of rotatable bonds is 0. The molecule has 1 aromatic rings. The summed E-state index contributed by atoms with van der Waals surface area (Å²) < 4.78 is 1.07. The first-order chi connectivity index (χ1) is 5.13. The molecule has 0 aliphatic heterocycles. The van der Waals surface area contributed by atoms with Gasteiger partial charge in [-0.05, 0) is 0 Å². The first kappa shape index (κ1) is 10.0. The molecule has 1 aromatic heterocycles. The summed E-state index contributed by atoms with van der Waals surface area (Å²) in [7, 11) is 0.